The van der Waals surface area contributed by atoms with E-state index >= 15 is 0 Å². The number of nitrogens with zero attached hydrogens (tertiary/aromatic N) is 1. The number of rotatable bonds is 6. The number of ketones is 2. The molecule has 0 amide bonds. The molecule has 142 valence electrons. The van der Waals surface area contributed by atoms with Gasteiger partial charge in [0.1, 0.15) is 16.3 Å². The minimum atomic E-state index is -3.94. The van der Waals surface area contributed by atoms with Gasteiger partial charge in [0.25, 0.3) is 0 Å². The molecule has 25 heavy (non-hydrogen) atoms. The molecule has 0 fully saturated rings. The first-order valence-corrected chi connectivity index (χ1v) is 9.88. The van der Waals surface area contributed by atoms with Crippen LogP contribution in [0, 0.1) is 5.41 Å². The van der Waals surface area contributed by atoms with Gasteiger partial charge in [-0.2, -0.15) is 0 Å². The molecule has 1 aromatic rings. The molecule has 0 atom stereocenters. The zero-order valence-electron chi connectivity index (χ0n) is 16.4. The topological polar surface area (TPSA) is 94.3 Å². The van der Waals surface area contributed by atoms with Crippen LogP contribution in [0.4, 0.5) is 0 Å². The average molecular weight is 371 g/mol. The van der Waals surface area contributed by atoms with Crippen LogP contribution in [-0.4, -0.2) is 35.6 Å². The van der Waals surface area contributed by atoms with Crippen molar-refractivity contribution in [1.29, 1.82) is 0 Å². The van der Waals surface area contributed by atoms with Gasteiger partial charge in [-0.1, -0.05) is 46.7 Å². The maximum Gasteiger partial charge on any atom is 0.169 e. The van der Waals surface area contributed by atoms with Gasteiger partial charge in [-0.05, 0) is 13.8 Å². The lowest BCUT2D eigenvalue weighted by molar-refractivity contribution is -0.123. The quantitative estimate of drug-likeness (QED) is 0.763. The van der Waals surface area contributed by atoms with Gasteiger partial charge in [-0.3, -0.25) is 9.59 Å². The van der Waals surface area contributed by atoms with Crippen LogP contribution in [0.2, 0.25) is 0 Å². The molecule has 0 aliphatic rings. The first-order valence-electron chi connectivity index (χ1n) is 8.23. The van der Waals surface area contributed by atoms with E-state index in [1.807, 2.05) is 20.8 Å². The Labute approximate surface area is 150 Å². The van der Waals surface area contributed by atoms with Crippen LogP contribution < -0.4 is 0 Å². The van der Waals surface area contributed by atoms with E-state index in [9.17, 15) is 18.0 Å². The molecular weight excluding hydrogens is 342 g/mol. The third-order valence-electron chi connectivity index (χ3n) is 4.25. The van der Waals surface area contributed by atoms with Crippen molar-refractivity contribution in [1.82, 2.24) is 5.16 Å². The Bertz CT molecular complexity index is 758. The number of hydrogen-bond acceptors (Lipinski definition) is 6. The van der Waals surface area contributed by atoms with Gasteiger partial charge in [0.2, 0.25) is 0 Å². The first-order chi connectivity index (χ1) is 11.0. The summed E-state index contributed by atoms with van der Waals surface area (Å²) in [5.41, 5.74) is -0.644. The summed E-state index contributed by atoms with van der Waals surface area (Å²) in [4.78, 5) is 24.7. The molecule has 0 saturated carbocycles. The van der Waals surface area contributed by atoms with Gasteiger partial charge < -0.3 is 4.52 Å². The highest BCUT2D eigenvalue weighted by molar-refractivity contribution is 7.94. The second kappa shape index (κ2) is 6.67. The Kier molecular flexibility index (Phi) is 5.74. The fourth-order valence-corrected chi connectivity index (χ4v) is 3.43. The van der Waals surface area contributed by atoms with E-state index in [4.69, 9.17) is 4.52 Å². The third-order valence-corrected chi connectivity index (χ3v) is 6.67. The summed E-state index contributed by atoms with van der Waals surface area (Å²) in [6, 6.07) is 1.67. The van der Waals surface area contributed by atoms with Crippen molar-refractivity contribution in [2.45, 2.75) is 72.0 Å². The minimum absolute atomic E-state index is 0.157. The Morgan fingerprint density at radius 2 is 1.52 bits per heavy atom. The molecule has 0 unspecified atom stereocenters. The lowest BCUT2D eigenvalue weighted by Crippen LogP contribution is -2.45. The molecule has 7 heteroatoms. The third kappa shape index (κ3) is 5.00. The molecule has 0 N–H and O–H groups in total. The summed E-state index contributed by atoms with van der Waals surface area (Å²) in [7, 11) is -3.94. The molecule has 0 spiro atoms. The lowest BCUT2D eigenvalue weighted by atomic mass is 9.92. The normalized spacial score (nSPS) is 13.8. The smallest absolute Gasteiger partial charge is 0.169 e. The summed E-state index contributed by atoms with van der Waals surface area (Å²) in [6.07, 6.45) is -0.157. The summed E-state index contributed by atoms with van der Waals surface area (Å²) in [6.45, 7) is 13.5. The van der Waals surface area contributed by atoms with E-state index in [2.05, 4.69) is 5.16 Å². The molecule has 1 aromatic heterocycles. The van der Waals surface area contributed by atoms with Crippen LogP contribution in [0.15, 0.2) is 10.6 Å². The van der Waals surface area contributed by atoms with Gasteiger partial charge in [-0.25, -0.2) is 8.42 Å². The van der Waals surface area contributed by atoms with Crippen molar-refractivity contribution in [3.63, 3.8) is 0 Å². The zero-order chi connectivity index (χ0) is 19.8. The lowest BCUT2D eigenvalue weighted by Gasteiger charge is -2.25. The van der Waals surface area contributed by atoms with Crippen molar-refractivity contribution >= 4 is 21.4 Å². The SMILES string of the molecule is CC(C)(C)C(=O)CS(=O)(=O)C(C)(C)C(=O)Cc1cc(C(C)(C)C)on1. The molecular formula is C18H29NO5S. The van der Waals surface area contributed by atoms with Crippen molar-refractivity contribution in [2.75, 3.05) is 5.75 Å². The Hall–Kier alpha value is -1.50. The molecule has 0 bridgehead atoms. The van der Waals surface area contributed by atoms with Crippen molar-refractivity contribution in [3.05, 3.63) is 17.5 Å². The number of aromatic nitrogens is 1. The number of sulfone groups is 1. The number of carbonyl (C=O) groups is 2. The monoisotopic (exact) mass is 371 g/mol. The Morgan fingerprint density at radius 3 is 1.92 bits per heavy atom. The van der Waals surface area contributed by atoms with Crippen LogP contribution >= 0.6 is 0 Å². The molecule has 6 nitrogen and oxygen atoms in total. The van der Waals surface area contributed by atoms with Gasteiger partial charge >= 0.3 is 0 Å². The molecule has 0 aliphatic carbocycles. The number of Topliss-reactive ketones (excluding diaryl/α,β-unsaturated/α-hetero) is 2. The second-order valence-corrected chi connectivity index (χ2v) is 11.5. The van der Waals surface area contributed by atoms with E-state index in [0.717, 1.165) is 0 Å². The first kappa shape index (κ1) is 21.5. The van der Waals surface area contributed by atoms with Crippen LogP contribution in [0.3, 0.4) is 0 Å². The minimum Gasteiger partial charge on any atom is -0.361 e. The maximum atomic E-state index is 12.6. The summed E-state index contributed by atoms with van der Waals surface area (Å²) in [5, 5.41) is 3.86. The molecule has 0 saturated heterocycles. The molecule has 0 aliphatic heterocycles. The van der Waals surface area contributed by atoms with Gasteiger partial charge in [0, 0.05) is 16.9 Å². The summed E-state index contributed by atoms with van der Waals surface area (Å²) in [5.74, 6) is -0.951. The zero-order valence-corrected chi connectivity index (χ0v) is 17.2. The van der Waals surface area contributed by atoms with Crippen molar-refractivity contribution in [3.8, 4) is 0 Å². The standard InChI is InChI=1S/C18H29NO5S/c1-16(2,3)14(21)11-25(22,23)18(7,8)13(20)9-12-10-15(24-19-12)17(4,5)6/h10H,9,11H2,1-8H3. The van der Waals surface area contributed by atoms with E-state index in [0.29, 0.717) is 11.5 Å². The second-order valence-electron chi connectivity index (χ2n) is 8.98. The molecule has 1 rings (SSSR count). The number of hydrogen-bond donors (Lipinski definition) is 0. The van der Waals surface area contributed by atoms with E-state index < -0.39 is 37.3 Å². The predicted octanol–water partition coefficient (Wildman–Crippen LogP) is 2.89. The van der Waals surface area contributed by atoms with Crippen LogP contribution in [-0.2, 0) is 31.3 Å². The molecule has 0 aromatic carbocycles. The highest BCUT2D eigenvalue weighted by atomic mass is 32.2. The van der Waals surface area contributed by atoms with Gasteiger partial charge in [-0.15, -0.1) is 0 Å². The van der Waals surface area contributed by atoms with Gasteiger partial charge in [0.15, 0.2) is 21.4 Å². The van der Waals surface area contributed by atoms with Crippen LogP contribution in [0.5, 0.6) is 0 Å². The predicted molar refractivity (Wildman–Crippen MR) is 96.2 cm³/mol. The molecule has 0 radical (unpaired) electrons. The highest BCUT2D eigenvalue weighted by Gasteiger charge is 2.43. The van der Waals surface area contributed by atoms with Crippen LogP contribution in [0.1, 0.15) is 66.8 Å². The Morgan fingerprint density at radius 1 is 1.00 bits per heavy atom. The van der Waals surface area contributed by atoms with E-state index in [1.54, 1.807) is 26.8 Å². The van der Waals surface area contributed by atoms with Crippen LogP contribution in [0.25, 0.3) is 0 Å². The average Bonchev–Trinajstić information content (AvgIpc) is 2.85. The summed E-state index contributed by atoms with van der Waals surface area (Å²) < 4.78 is 28.8. The fourth-order valence-electron chi connectivity index (χ4n) is 1.87. The Balaban J connectivity index is 2.99. The maximum absolute atomic E-state index is 12.6. The van der Waals surface area contributed by atoms with Crippen molar-refractivity contribution < 1.29 is 22.5 Å². The number of carbonyl (C=O) groups excluding carboxylic acids is 2. The van der Waals surface area contributed by atoms with Gasteiger partial charge in [0.05, 0.1) is 12.1 Å². The van der Waals surface area contributed by atoms with Crippen molar-refractivity contribution in [2.24, 2.45) is 5.41 Å². The largest absolute Gasteiger partial charge is 0.361 e. The summed E-state index contributed by atoms with van der Waals surface area (Å²) >= 11 is 0. The fraction of sp³-hybridized carbons (Fsp3) is 0.722. The highest BCUT2D eigenvalue weighted by Crippen LogP contribution is 2.26. The van der Waals surface area contributed by atoms with E-state index in [-0.39, 0.29) is 11.8 Å². The van der Waals surface area contributed by atoms with E-state index in [1.165, 1.54) is 13.8 Å². The molecule has 1 heterocycles.